The Bertz CT molecular complexity index is 916. The molecule has 3 rings (SSSR count). The number of hydrogen-bond donors (Lipinski definition) is 1. The van der Waals surface area contributed by atoms with E-state index < -0.39 is 5.82 Å². The van der Waals surface area contributed by atoms with Gasteiger partial charge in [0.1, 0.15) is 11.5 Å². The molecule has 0 aliphatic heterocycles. The standard InChI is InChI=1S/C17H15BrFN5OS/c1-11-21-22-23-24(11)16-10-13(4-7-15(16)19)20-17(25)8-9-26-14-5-2-12(18)3-6-14/h2-7,10H,8-9H2,1H3,(H,20,25). The number of nitrogens with one attached hydrogen (secondary N) is 1. The minimum Gasteiger partial charge on any atom is -0.326 e. The van der Waals surface area contributed by atoms with Gasteiger partial charge in [0.15, 0.2) is 5.82 Å². The molecule has 1 heterocycles. The van der Waals surface area contributed by atoms with Gasteiger partial charge in [-0.1, -0.05) is 15.9 Å². The highest BCUT2D eigenvalue weighted by Gasteiger charge is 2.11. The van der Waals surface area contributed by atoms with Crippen molar-refractivity contribution in [3.63, 3.8) is 0 Å². The van der Waals surface area contributed by atoms with Crippen LogP contribution >= 0.6 is 27.7 Å². The number of halogens is 2. The van der Waals surface area contributed by atoms with Crippen molar-refractivity contribution in [3.8, 4) is 5.69 Å². The van der Waals surface area contributed by atoms with Crippen LogP contribution in [0.3, 0.4) is 0 Å². The minimum atomic E-state index is -0.468. The second-order valence-electron chi connectivity index (χ2n) is 5.40. The van der Waals surface area contributed by atoms with E-state index in [4.69, 9.17) is 0 Å². The molecule has 0 saturated heterocycles. The van der Waals surface area contributed by atoms with E-state index in [1.54, 1.807) is 18.7 Å². The van der Waals surface area contributed by atoms with Crippen molar-refractivity contribution in [1.29, 1.82) is 0 Å². The molecule has 0 aliphatic carbocycles. The number of aromatic nitrogens is 4. The lowest BCUT2D eigenvalue weighted by Gasteiger charge is -2.09. The van der Waals surface area contributed by atoms with E-state index in [0.29, 0.717) is 23.7 Å². The zero-order valence-electron chi connectivity index (χ0n) is 13.8. The van der Waals surface area contributed by atoms with E-state index >= 15 is 0 Å². The zero-order chi connectivity index (χ0) is 18.5. The first-order valence-electron chi connectivity index (χ1n) is 7.76. The Labute approximate surface area is 162 Å². The smallest absolute Gasteiger partial charge is 0.225 e. The van der Waals surface area contributed by atoms with Crippen LogP contribution in [-0.2, 0) is 4.79 Å². The van der Waals surface area contributed by atoms with Crippen molar-refractivity contribution in [3.05, 3.63) is 58.6 Å². The summed E-state index contributed by atoms with van der Waals surface area (Å²) in [5.74, 6) is 0.497. The number of hydrogen-bond acceptors (Lipinski definition) is 5. The van der Waals surface area contributed by atoms with Gasteiger partial charge in [0.05, 0.1) is 0 Å². The largest absolute Gasteiger partial charge is 0.326 e. The van der Waals surface area contributed by atoms with E-state index in [1.165, 1.54) is 22.9 Å². The van der Waals surface area contributed by atoms with E-state index in [0.717, 1.165) is 9.37 Å². The third-order valence-electron chi connectivity index (χ3n) is 3.49. The van der Waals surface area contributed by atoms with Crippen molar-refractivity contribution >= 4 is 39.3 Å². The number of benzene rings is 2. The van der Waals surface area contributed by atoms with Crippen molar-refractivity contribution in [2.24, 2.45) is 0 Å². The fourth-order valence-corrected chi connectivity index (χ4v) is 3.34. The highest BCUT2D eigenvalue weighted by molar-refractivity contribution is 9.10. The summed E-state index contributed by atoms with van der Waals surface area (Å²) in [6, 6.07) is 12.2. The Hall–Kier alpha value is -2.26. The molecule has 1 aromatic heterocycles. The van der Waals surface area contributed by atoms with Crippen molar-refractivity contribution in [2.45, 2.75) is 18.2 Å². The highest BCUT2D eigenvalue weighted by atomic mass is 79.9. The number of carbonyl (C=O) groups is 1. The first-order valence-corrected chi connectivity index (χ1v) is 9.54. The van der Waals surface area contributed by atoms with Gasteiger partial charge in [-0.3, -0.25) is 4.79 Å². The highest BCUT2D eigenvalue weighted by Crippen LogP contribution is 2.22. The molecular weight excluding hydrogens is 421 g/mol. The Balaban J connectivity index is 1.59. The molecule has 2 aromatic carbocycles. The first kappa shape index (κ1) is 18.5. The average molecular weight is 436 g/mol. The van der Waals surface area contributed by atoms with Gasteiger partial charge in [0.2, 0.25) is 5.91 Å². The molecule has 0 aliphatic rings. The summed E-state index contributed by atoms with van der Waals surface area (Å²) in [6.45, 7) is 1.67. The van der Waals surface area contributed by atoms with E-state index in [1.807, 2.05) is 24.3 Å². The monoisotopic (exact) mass is 435 g/mol. The summed E-state index contributed by atoms with van der Waals surface area (Å²) >= 11 is 4.99. The number of thioether (sulfide) groups is 1. The molecule has 134 valence electrons. The van der Waals surface area contributed by atoms with Gasteiger partial charge < -0.3 is 5.32 Å². The molecule has 0 spiro atoms. The fraction of sp³-hybridized carbons (Fsp3) is 0.176. The molecule has 9 heteroatoms. The van der Waals surface area contributed by atoms with Crippen molar-refractivity contribution < 1.29 is 9.18 Å². The van der Waals surface area contributed by atoms with Gasteiger partial charge in [0.25, 0.3) is 0 Å². The van der Waals surface area contributed by atoms with Crippen molar-refractivity contribution in [2.75, 3.05) is 11.1 Å². The predicted octanol–water partition coefficient (Wildman–Crippen LogP) is 3.99. The lowest BCUT2D eigenvalue weighted by atomic mass is 10.2. The summed E-state index contributed by atoms with van der Waals surface area (Å²) in [5, 5.41) is 13.8. The molecular formula is C17H15BrFN5OS. The number of anilines is 1. The van der Waals surface area contributed by atoms with Gasteiger partial charge in [-0.2, -0.15) is 4.68 Å². The lowest BCUT2D eigenvalue weighted by Crippen LogP contribution is -2.13. The van der Waals surface area contributed by atoms with Gasteiger partial charge in [-0.05, 0) is 59.8 Å². The number of tetrazole rings is 1. The molecule has 6 nitrogen and oxygen atoms in total. The molecule has 0 radical (unpaired) electrons. The van der Waals surface area contributed by atoms with Crippen LogP contribution in [0.2, 0.25) is 0 Å². The Morgan fingerprint density at radius 2 is 2.04 bits per heavy atom. The van der Waals surface area contributed by atoms with Crippen LogP contribution in [0, 0.1) is 12.7 Å². The van der Waals surface area contributed by atoms with Gasteiger partial charge in [0, 0.05) is 27.2 Å². The number of rotatable bonds is 6. The molecule has 0 atom stereocenters. The van der Waals surface area contributed by atoms with E-state index in [2.05, 4.69) is 36.8 Å². The molecule has 3 aromatic rings. The third kappa shape index (κ3) is 4.67. The number of aryl methyl sites for hydroxylation is 1. The summed E-state index contributed by atoms with van der Waals surface area (Å²) in [5.41, 5.74) is 0.685. The van der Waals surface area contributed by atoms with Gasteiger partial charge >= 0.3 is 0 Å². The second-order valence-corrected chi connectivity index (χ2v) is 7.49. The third-order valence-corrected chi connectivity index (χ3v) is 5.04. The molecule has 1 amide bonds. The van der Waals surface area contributed by atoms with Crippen LogP contribution < -0.4 is 5.32 Å². The Kier molecular flexibility index (Phi) is 6.00. The molecule has 1 N–H and O–H groups in total. The quantitative estimate of drug-likeness (QED) is 0.592. The number of nitrogens with zero attached hydrogens (tertiary/aromatic N) is 4. The maximum absolute atomic E-state index is 14.0. The van der Waals surface area contributed by atoms with E-state index in [-0.39, 0.29) is 11.6 Å². The maximum atomic E-state index is 14.0. The normalized spacial score (nSPS) is 10.7. The number of amides is 1. The Morgan fingerprint density at radius 3 is 2.73 bits per heavy atom. The number of carbonyl (C=O) groups excluding carboxylic acids is 1. The summed E-state index contributed by atoms with van der Waals surface area (Å²) in [7, 11) is 0. The van der Waals surface area contributed by atoms with E-state index in [9.17, 15) is 9.18 Å². The van der Waals surface area contributed by atoms with Gasteiger partial charge in [-0.25, -0.2) is 4.39 Å². The second kappa shape index (κ2) is 8.41. The van der Waals surface area contributed by atoms with Gasteiger partial charge in [-0.15, -0.1) is 16.9 Å². The lowest BCUT2D eigenvalue weighted by molar-refractivity contribution is -0.115. The summed E-state index contributed by atoms with van der Waals surface area (Å²) in [6.07, 6.45) is 0.345. The first-order chi connectivity index (χ1) is 12.5. The van der Waals surface area contributed by atoms with Crippen LogP contribution in [0.5, 0.6) is 0 Å². The summed E-state index contributed by atoms with van der Waals surface area (Å²) in [4.78, 5) is 13.2. The van der Waals surface area contributed by atoms with Crippen LogP contribution in [0.15, 0.2) is 51.8 Å². The Morgan fingerprint density at radius 1 is 1.27 bits per heavy atom. The summed E-state index contributed by atoms with van der Waals surface area (Å²) < 4.78 is 16.3. The molecule has 0 bridgehead atoms. The molecule has 0 unspecified atom stereocenters. The van der Waals surface area contributed by atoms with Crippen molar-refractivity contribution in [1.82, 2.24) is 20.2 Å². The average Bonchev–Trinajstić information content (AvgIpc) is 3.04. The molecule has 26 heavy (non-hydrogen) atoms. The molecule has 0 fully saturated rings. The zero-order valence-corrected chi connectivity index (χ0v) is 16.2. The maximum Gasteiger partial charge on any atom is 0.225 e. The van der Waals surface area contributed by atoms with Crippen LogP contribution in [0.4, 0.5) is 10.1 Å². The minimum absolute atomic E-state index is 0.138. The van der Waals surface area contributed by atoms with Crippen LogP contribution in [0.25, 0.3) is 5.69 Å². The predicted molar refractivity (Wildman–Crippen MR) is 102 cm³/mol. The topological polar surface area (TPSA) is 72.7 Å². The van der Waals surface area contributed by atoms with Crippen LogP contribution in [0.1, 0.15) is 12.2 Å². The molecule has 0 saturated carbocycles. The SMILES string of the molecule is Cc1nnnn1-c1cc(NC(=O)CCSc2ccc(Br)cc2)ccc1F. The fourth-order valence-electron chi connectivity index (χ4n) is 2.22. The van der Waals surface area contributed by atoms with Crippen LogP contribution in [-0.4, -0.2) is 31.9 Å².